The minimum atomic E-state index is -3.91. The van der Waals surface area contributed by atoms with Crippen LogP contribution in [0.5, 0.6) is 0 Å². The molecule has 0 saturated carbocycles. The Morgan fingerprint density at radius 1 is 1.10 bits per heavy atom. The average Bonchev–Trinajstić information content (AvgIpc) is 2.36. The third kappa shape index (κ3) is 3.23. The van der Waals surface area contributed by atoms with Gasteiger partial charge < -0.3 is 0 Å². The Kier molecular flexibility index (Phi) is 4.22. The number of nitrogens with one attached hydrogen (secondary N) is 1. The van der Waals surface area contributed by atoms with Crippen molar-refractivity contribution >= 4 is 38.9 Å². The highest BCUT2D eigenvalue weighted by molar-refractivity contribution is 7.92. The van der Waals surface area contributed by atoms with Crippen molar-refractivity contribution in [2.24, 2.45) is 0 Å². The van der Waals surface area contributed by atoms with Gasteiger partial charge in [0.15, 0.2) is 0 Å². The maximum atomic E-state index is 13.4. The Bertz CT molecular complexity index is 763. The van der Waals surface area contributed by atoms with E-state index in [0.29, 0.717) is 10.6 Å². The molecule has 3 nitrogen and oxygen atoms in total. The van der Waals surface area contributed by atoms with Crippen LogP contribution in [0.1, 0.15) is 5.56 Å². The molecule has 0 aliphatic heterocycles. The Morgan fingerprint density at radius 3 is 2.40 bits per heavy atom. The summed E-state index contributed by atoms with van der Waals surface area (Å²) in [6, 6.07) is 8.03. The largest absolute Gasteiger partial charge is 0.278 e. The number of benzene rings is 2. The zero-order chi connectivity index (χ0) is 14.9. The lowest BCUT2D eigenvalue weighted by molar-refractivity contribution is 0.593. The van der Waals surface area contributed by atoms with Crippen LogP contribution in [-0.4, -0.2) is 8.42 Å². The molecule has 0 fully saturated rings. The fourth-order valence-electron chi connectivity index (χ4n) is 1.52. The van der Waals surface area contributed by atoms with Crippen LogP contribution < -0.4 is 4.72 Å². The summed E-state index contributed by atoms with van der Waals surface area (Å²) in [6.07, 6.45) is 0. The Labute approximate surface area is 126 Å². The lowest BCUT2D eigenvalue weighted by Crippen LogP contribution is -2.13. The topological polar surface area (TPSA) is 46.2 Å². The van der Waals surface area contributed by atoms with Crippen LogP contribution in [0.3, 0.4) is 0 Å². The molecule has 20 heavy (non-hydrogen) atoms. The van der Waals surface area contributed by atoms with Crippen molar-refractivity contribution in [3.8, 4) is 0 Å². The van der Waals surface area contributed by atoms with Gasteiger partial charge >= 0.3 is 0 Å². The van der Waals surface area contributed by atoms with Crippen LogP contribution >= 0.6 is 23.2 Å². The number of rotatable bonds is 3. The molecule has 7 heteroatoms. The third-order valence-electron chi connectivity index (χ3n) is 2.63. The van der Waals surface area contributed by atoms with E-state index in [1.54, 1.807) is 6.92 Å². The van der Waals surface area contributed by atoms with Gasteiger partial charge in [0.25, 0.3) is 10.0 Å². The highest BCUT2D eigenvalue weighted by Crippen LogP contribution is 2.27. The number of sulfonamides is 1. The monoisotopic (exact) mass is 333 g/mol. The average molecular weight is 334 g/mol. The summed E-state index contributed by atoms with van der Waals surface area (Å²) in [4.78, 5) is -0.174. The van der Waals surface area contributed by atoms with E-state index in [1.165, 1.54) is 30.3 Å². The maximum Gasteiger partial charge on any atom is 0.262 e. The van der Waals surface area contributed by atoms with Gasteiger partial charge in [-0.15, -0.1) is 0 Å². The molecule has 0 aliphatic rings. The van der Waals surface area contributed by atoms with E-state index in [0.717, 1.165) is 6.07 Å². The lowest BCUT2D eigenvalue weighted by Gasteiger charge is -2.10. The van der Waals surface area contributed by atoms with Gasteiger partial charge in [-0.2, -0.15) is 0 Å². The first kappa shape index (κ1) is 15.1. The number of hydrogen-bond donors (Lipinski definition) is 1. The first-order valence-corrected chi connectivity index (χ1v) is 7.77. The van der Waals surface area contributed by atoms with Crippen molar-refractivity contribution < 1.29 is 12.8 Å². The van der Waals surface area contributed by atoms with Gasteiger partial charge in [0, 0.05) is 5.02 Å². The normalized spacial score (nSPS) is 11.4. The second-order valence-corrected chi connectivity index (χ2v) is 6.67. The summed E-state index contributed by atoms with van der Waals surface area (Å²) in [5.41, 5.74) is 0.547. The molecule has 2 aromatic rings. The Morgan fingerprint density at radius 2 is 1.80 bits per heavy atom. The van der Waals surface area contributed by atoms with Crippen LogP contribution in [0.15, 0.2) is 41.3 Å². The molecule has 0 unspecified atom stereocenters. The summed E-state index contributed by atoms with van der Waals surface area (Å²) in [6.45, 7) is 1.55. The molecule has 2 aromatic carbocycles. The van der Waals surface area contributed by atoms with E-state index in [1.807, 2.05) is 0 Å². The van der Waals surface area contributed by atoms with E-state index in [9.17, 15) is 12.8 Å². The predicted molar refractivity (Wildman–Crippen MR) is 78.4 cm³/mol. The molecule has 0 radical (unpaired) electrons. The summed E-state index contributed by atoms with van der Waals surface area (Å²) in [5.74, 6) is -0.588. The lowest BCUT2D eigenvalue weighted by atomic mass is 10.2. The zero-order valence-electron chi connectivity index (χ0n) is 10.3. The molecule has 0 saturated heterocycles. The number of aryl methyl sites for hydroxylation is 1. The van der Waals surface area contributed by atoms with E-state index in [2.05, 4.69) is 4.72 Å². The van der Waals surface area contributed by atoms with Crippen molar-refractivity contribution in [1.29, 1.82) is 0 Å². The molecular weight excluding hydrogens is 324 g/mol. The molecule has 0 bridgehead atoms. The standard InChI is InChI=1S/C13H10Cl2FNO2S/c1-8-2-4-10(7-12(8)16)20(18,19)17-13-5-3-9(14)6-11(13)15/h2-7,17H,1H3. The van der Waals surface area contributed by atoms with Crippen LogP contribution in [0, 0.1) is 12.7 Å². The van der Waals surface area contributed by atoms with Crippen molar-refractivity contribution in [3.63, 3.8) is 0 Å². The zero-order valence-corrected chi connectivity index (χ0v) is 12.7. The molecule has 0 amide bonds. The number of hydrogen-bond acceptors (Lipinski definition) is 2. The molecule has 0 aliphatic carbocycles. The Hall–Kier alpha value is -1.30. The quantitative estimate of drug-likeness (QED) is 0.912. The molecule has 0 spiro atoms. The van der Waals surface area contributed by atoms with Gasteiger partial charge in [0.2, 0.25) is 0 Å². The van der Waals surface area contributed by atoms with Gasteiger partial charge in [0.1, 0.15) is 5.82 Å². The summed E-state index contributed by atoms with van der Waals surface area (Å²) < 4.78 is 40.0. The first-order chi connectivity index (χ1) is 9.29. The molecule has 0 aromatic heterocycles. The molecule has 1 N–H and O–H groups in total. The van der Waals surface area contributed by atoms with Crippen molar-refractivity contribution in [2.75, 3.05) is 4.72 Å². The van der Waals surface area contributed by atoms with Gasteiger partial charge in [-0.3, -0.25) is 4.72 Å². The van der Waals surface area contributed by atoms with E-state index >= 15 is 0 Å². The smallest absolute Gasteiger partial charge is 0.262 e. The van der Waals surface area contributed by atoms with Crippen LogP contribution in [0.25, 0.3) is 0 Å². The van der Waals surface area contributed by atoms with Crippen molar-refractivity contribution in [2.45, 2.75) is 11.8 Å². The van der Waals surface area contributed by atoms with Gasteiger partial charge in [-0.05, 0) is 42.8 Å². The molecule has 0 atom stereocenters. The summed E-state index contributed by atoms with van der Waals surface area (Å²) in [5, 5.41) is 0.549. The summed E-state index contributed by atoms with van der Waals surface area (Å²) in [7, 11) is -3.91. The van der Waals surface area contributed by atoms with Gasteiger partial charge in [-0.1, -0.05) is 29.3 Å². The second kappa shape index (κ2) is 5.60. The van der Waals surface area contributed by atoms with Gasteiger partial charge in [-0.25, -0.2) is 12.8 Å². The molecule has 0 heterocycles. The summed E-state index contributed by atoms with van der Waals surface area (Å²) >= 11 is 11.6. The van der Waals surface area contributed by atoms with Gasteiger partial charge in [0.05, 0.1) is 15.6 Å². The molecule has 106 valence electrons. The van der Waals surface area contributed by atoms with Crippen LogP contribution in [0.4, 0.5) is 10.1 Å². The number of halogens is 3. The van der Waals surface area contributed by atoms with Crippen molar-refractivity contribution in [1.82, 2.24) is 0 Å². The minimum absolute atomic E-state index is 0.161. The van der Waals surface area contributed by atoms with Crippen LogP contribution in [-0.2, 0) is 10.0 Å². The SMILES string of the molecule is Cc1ccc(S(=O)(=O)Nc2ccc(Cl)cc2Cl)cc1F. The third-order valence-corrected chi connectivity index (χ3v) is 4.54. The Balaban J connectivity index is 2.38. The molecular formula is C13H10Cl2FNO2S. The highest BCUT2D eigenvalue weighted by atomic mass is 35.5. The van der Waals surface area contributed by atoms with Crippen LogP contribution in [0.2, 0.25) is 10.0 Å². The van der Waals surface area contributed by atoms with Crippen molar-refractivity contribution in [3.05, 3.63) is 57.8 Å². The predicted octanol–water partition coefficient (Wildman–Crippen LogP) is 4.24. The first-order valence-electron chi connectivity index (χ1n) is 5.53. The molecule has 2 rings (SSSR count). The maximum absolute atomic E-state index is 13.4. The van der Waals surface area contributed by atoms with E-state index in [-0.39, 0.29) is 15.6 Å². The van der Waals surface area contributed by atoms with E-state index < -0.39 is 15.8 Å². The fraction of sp³-hybridized carbons (Fsp3) is 0.0769. The highest BCUT2D eigenvalue weighted by Gasteiger charge is 2.17. The number of anilines is 1. The second-order valence-electron chi connectivity index (χ2n) is 4.14. The fourth-order valence-corrected chi connectivity index (χ4v) is 3.12. The minimum Gasteiger partial charge on any atom is -0.278 e. The van der Waals surface area contributed by atoms with E-state index in [4.69, 9.17) is 23.2 Å².